The molecule has 2 rings (SSSR count). The second-order valence-electron chi connectivity index (χ2n) is 9.35. The van der Waals surface area contributed by atoms with Crippen molar-refractivity contribution in [2.75, 3.05) is 13.1 Å². The summed E-state index contributed by atoms with van der Waals surface area (Å²) in [6.45, 7) is 21.9. The molecule has 0 atom stereocenters. The van der Waals surface area contributed by atoms with Crippen LogP contribution in [0.1, 0.15) is 67.9 Å². The minimum atomic E-state index is -0.0124. The van der Waals surface area contributed by atoms with Crippen molar-refractivity contribution < 1.29 is 0 Å². The molecule has 1 aliphatic heterocycles. The van der Waals surface area contributed by atoms with Crippen LogP contribution in [0.2, 0.25) is 0 Å². The molecule has 1 aromatic rings. The van der Waals surface area contributed by atoms with Crippen molar-refractivity contribution in [2.24, 2.45) is 0 Å². The van der Waals surface area contributed by atoms with E-state index < -0.39 is 0 Å². The summed E-state index contributed by atoms with van der Waals surface area (Å²) in [7, 11) is 0. The van der Waals surface area contributed by atoms with Gasteiger partial charge < -0.3 is 0 Å². The molecule has 0 radical (unpaired) electrons. The van der Waals surface area contributed by atoms with Gasteiger partial charge in [0.25, 0.3) is 0 Å². The number of rotatable bonds is 8. The zero-order valence-corrected chi connectivity index (χ0v) is 20.4. The fraction of sp³-hybridized carbons (Fsp3) is 0.625. The van der Waals surface area contributed by atoms with E-state index in [1.165, 1.54) is 0 Å². The van der Waals surface area contributed by atoms with Gasteiger partial charge in [0.15, 0.2) is 0 Å². The number of hydrogen-bond acceptors (Lipinski definition) is 5. The van der Waals surface area contributed by atoms with E-state index in [2.05, 4.69) is 106 Å². The van der Waals surface area contributed by atoms with Gasteiger partial charge in [-0.15, -0.1) is 0 Å². The molecule has 0 aliphatic carbocycles. The summed E-state index contributed by atoms with van der Waals surface area (Å²) in [5.41, 5.74) is 3.01. The molecule has 6 heteroatoms. The lowest BCUT2D eigenvalue weighted by Gasteiger charge is -2.46. The van der Waals surface area contributed by atoms with Gasteiger partial charge in [0.2, 0.25) is 0 Å². The number of hydrazine groups is 2. The van der Waals surface area contributed by atoms with E-state index in [4.69, 9.17) is 0 Å². The van der Waals surface area contributed by atoms with Crippen molar-refractivity contribution in [3.63, 3.8) is 0 Å². The molecule has 1 aliphatic rings. The van der Waals surface area contributed by atoms with Crippen molar-refractivity contribution >= 4 is 12.5 Å². The summed E-state index contributed by atoms with van der Waals surface area (Å²) in [6.07, 6.45) is 0. The Balaban J connectivity index is 2.71. The lowest BCUT2D eigenvalue weighted by Crippen LogP contribution is -2.62. The normalized spacial score (nSPS) is 17.2. The lowest BCUT2D eigenvalue weighted by atomic mass is 9.62. The zero-order valence-electron chi connectivity index (χ0n) is 20.4. The van der Waals surface area contributed by atoms with Gasteiger partial charge in [0.05, 0.1) is 6.07 Å². The maximum Gasteiger partial charge on any atom is 0.376 e. The first-order valence-electron chi connectivity index (χ1n) is 11.4. The van der Waals surface area contributed by atoms with E-state index in [0.29, 0.717) is 24.2 Å². The Morgan fingerprint density at radius 2 is 1.23 bits per heavy atom. The second kappa shape index (κ2) is 10.6. The molecule has 0 N–H and O–H groups in total. The summed E-state index contributed by atoms with van der Waals surface area (Å²) in [5, 5.41) is 14.9. The van der Waals surface area contributed by atoms with Crippen molar-refractivity contribution in [1.29, 1.82) is 5.26 Å². The van der Waals surface area contributed by atoms with Crippen molar-refractivity contribution in [3.8, 4) is 6.07 Å². The molecule has 5 nitrogen and oxygen atoms in total. The van der Waals surface area contributed by atoms with Gasteiger partial charge in [-0.3, -0.25) is 9.84 Å². The van der Waals surface area contributed by atoms with Gasteiger partial charge in [-0.25, -0.2) is 10.0 Å². The molecule has 0 amide bonds. The zero-order chi connectivity index (χ0) is 22.6. The van der Waals surface area contributed by atoms with Gasteiger partial charge in [-0.1, -0.05) is 30.3 Å². The Morgan fingerprint density at radius 1 is 0.833 bits per heavy atom. The minimum Gasteiger partial charge on any atom is -0.256 e. The third kappa shape index (κ3) is 5.15. The van der Waals surface area contributed by atoms with Crippen LogP contribution >= 0.6 is 0 Å². The average molecular weight is 409 g/mol. The summed E-state index contributed by atoms with van der Waals surface area (Å²) >= 11 is 0. The van der Waals surface area contributed by atoms with Gasteiger partial charge in [-0.2, -0.15) is 5.26 Å². The summed E-state index contributed by atoms with van der Waals surface area (Å²) in [4.78, 5) is 4.99. The van der Waals surface area contributed by atoms with Crippen molar-refractivity contribution in [1.82, 2.24) is 19.9 Å². The number of hydrogen-bond donors (Lipinski definition) is 0. The van der Waals surface area contributed by atoms with E-state index in [1.807, 2.05) is 13.0 Å². The first kappa shape index (κ1) is 24.6. The molecule has 1 fully saturated rings. The van der Waals surface area contributed by atoms with Crippen LogP contribution in [0.3, 0.4) is 0 Å². The largest absolute Gasteiger partial charge is 0.376 e. The monoisotopic (exact) mass is 409 g/mol. The van der Waals surface area contributed by atoms with Crippen molar-refractivity contribution in [2.45, 2.75) is 86.5 Å². The third-order valence-electron chi connectivity index (χ3n) is 5.75. The highest BCUT2D eigenvalue weighted by molar-refractivity contribution is 6.75. The second-order valence-corrected chi connectivity index (χ2v) is 9.35. The molecule has 30 heavy (non-hydrogen) atoms. The third-order valence-corrected chi connectivity index (χ3v) is 5.75. The standard InChI is InChI=1S/C24H40BN5/c1-18(2)29(19(3)4)27-15-16-28(30(20(5)6)21(7)8)25(27)24(22(9)17-26)23-13-11-10-12-14-23/h10-14,18-21H,15-16H2,1-9H3/b24-22-. The fourth-order valence-electron chi connectivity index (χ4n) is 5.00. The van der Waals surface area contributed by atoms with Crippen LogP contribution in [0.15, 0.2) is 35.9 Å². The van der Waals surface area contributed by atoms with Crippen molar-refractivity contribution in [3.05, 3.63) is 41.5 Å². The van der Waals surface area contributed by atoms with E-state index in [0.717, 1.165) is 29.7 Å². The Morgan fingerprint density at radius 3 is 1.57 bits per heavy atom. The fourth-order valence-corrected chi connectivity index (χ4v) is 5.00. The summed E-state index contributed by atoms with van der Waals surface area (Å²) in [5.74, 6) is 0. The molecule has 164 valence electrons. The van der Waals surface area contributed by atoms with Crippen LogP contribution in [0, 0.1) is 11.3 Å². The van der Waals surface area contributed by atoms with Gasteiger partial charge in [0, 0.05) is 42.8 Å². The van der Waals surface area contributed by atoms with E-state index in [-0.39, 0.29) is 6.98 Å². The molecule has 0 spiro atoms. The molecular weight excluding hydrogens is 369 g/mol. The predicted octanol–water partition coefficient (Wildman–Crippen LogP) is 4.70. The highest BCUT2D eigenvalue weighted by atomic mass is 15.7. The first-order chi connectivity index (χ1) is 14.1. The summed E-state index contributed by atoms with van der Waals surface area (Å²) in [6, 6.07) is 14.4. The van der Waals surface area contributed by atoms with Gasteiger partial charge in [0.1, 0.15) is 0 Å². The van der Waals surface area contributed by atoms with E-state index in [1.54, 1.807) is 0 Å². The van der Waals surface area contributed by atoms with Crippen LogP contribution in [-0.4, -0.2) is 64.1 Å². The molecule has 0 saturated carbocycles. The Bertz CT molecular complexity index is 707. The van der Waals surface area contributed by atoms with Crippen LogP contribution in [0.4, 0.5) is 0 Å². The highest BCUT2D eigenvalue weighted by Crippen LogP contribution is 2.33. The minimum absolute atomic E-state index is 0.0124. The first-order valence-corrected chi connectivity index (χ1v) is 11.4. The quantitative estimate of drug-likeness (QED) is 0.460. The highest BCUT2D eigenvalue weighted by Gasteiger charge is 2.48. The van der Waals surface area contributed by atoms with Crippen LogP contribution in [0.5, 0.6) is 0 Å². The summed E-state index contributed by atoms with van der Waals surface area (Å²) < 4.78 is 0. The number of nitriles is 1. The van der Waals surface area contributed by atoms with Gasteiger partial charge >= 0.3 is 6.98 Å². The van der Waals surface area contributed by atoms with E-state index >= 15 is 0 Å². The maximum absolute atomic E-state index is 9.94. The number of benzene rings is 1. The smallest absolute Gasteiger partial charge is 0.256 e. The van der Waals surface area contributed by atoms with Crippen LogP contribution in [0.25, 0.3) is 5.47 Å². The van der Waals surface area contributed by atoms with E-state index in [9.17, 15) is 5.26 Å². The maximum atomic E-state index is 9.94. The molecule has 0 bridgehead atoms. The van der Waals surface area contributed by atoms with Gasteiger partial charge in [-0.05, 0) is 73.3 Å². The number of allylic oxidation sites excluding steroid dienone is 1. The Kier molecular flexibility index (Phi) is 8.69. The van der Waals surface area contributed by atoms with Crippen LogP contribution in [-0.2, 0) is 0 Å². The molecular formula is C24H40BN5. The molecule has 0 unspecified atom stereocenters. The van der Waals surface area contributed by atoms with Crippen LogP contribution < -0.4 is 0 Å². The molecule has 1 saturated heterocycles. The Hall–Kier alpha value is -1.65. The topological polar surface area (TPSA) is 36.8 Å². The predicted molar refractivity (Wildman–Crippen MR) is 128 cm³/mol. The molecule has 1 aromatic carbocycles. The molecule has 1 heterocycles. The SMILES string of the molecule is C/C(C#N)=C(/B1N(N(C(C)C)C(C)C)CCN1N(C(C)C)C(C)C)c1ccccc1. The number of nitrogens with zero attached hydrogens (tertiary/aromatic N) is 5. The lowest BCUT2D eigenvalue weighted by molar-refractivity contribution is -0.00836. The molecule has 0 aromatic heterocycles. The Labute approximate surface area is 185 Å². The average Bonchev–Trinajstić information content (AvgIpc) is 3.05.